The summed E-state index contributed by atoms with van der Waals surface area (Å²) in [5.41, 5.74) is 1.97. The number of ether oxygens (including phenoxy) is 1. The van der Waals surface area contributed by atoms with Crippen molar-refractivity contribution in [2.45, 2.75) is 46.6 Å². The summed E-state index contributed by atoms with van der Waals surface area (Å²) in [5, 5.41) is 5.61. The normalized spacial score (nSPS) is 15.2. The lowest BCUT2D eigenvalue weighted by molar-refractivity contribution is 0.240. The van der Waals surface area contributed by atoms with Gasteiger partial charge in [-0.2, -0.15) is 5.10 Å². The minimum Gasteiger partial charge on any atom is -0.488 e. The molecule has 6 nitrogen and oxygen atoms in total. The van der Waals surface area contributed by atoms with Crippen LogP contribution in [0.2, 0.25) is 0 Å². The Hall–Kier alpha value is -2.60. The third-order valence-electron chi connectivity index (χ3n) is 5.75. The number of rotatable bonds is 7. The standard InChI is InChI=1S/C24H32N4O2/c1-24(2,3)10-16-30-22-7-6-13-27(23(22)29)20-8-9-21-19(17-20)18-25-28(21)15-14-26-11-4-5-12-26/h6-9,13,17-18H,4-5,10-12,14-16H2,1-3H3. The summed E-state index contributed by atoms with van der Waals surface area (Å²) < 4.78 is 9.50. The molecule has 1 fully saturated rings. The second kappa shape index (κ2) is 8.64. The molecule has 160 valence electrons. The maximum absolute atomic E-state index is 12.9. The molecule has 1 saturated heterocycles. The Bertz CT molecular complexity index is 1050. The van der Waals surface area contributed by atoms with Crippen molar-refractivity contribution in [1.29, 1.82) is 0 Å². The van der Waals surface area contributed by atoms with Gasteiger partial charge in [0.2, 0.25) is 0 Å². The predicted octanol–water partition coefficient (Wildman–Crippen LogP) is 4.10. The van der Waals surface area contributed by atoms with Crippen molar-refractivity contribution in [2.24, 2.45) is 5.41 Å². The van der Waals surface area contributed by atoms with Gasteiger partial charge in [0.1, 0.15) is 0 Å². The smallest absolute Gasteiger partial charge is 0.297 e. The van der Waals surface area contributed by atoms with Gasteiger partial charge in [0.15, 0.2) is 5.75 Å². The van der Waals surface area contributed by atoms with Gasteiger partial charge in [0.25, 0.3) is 5.56 Å². The summed E-state index contributed by atoms with van der Waals surface area (Å²) >= 11 is 0. The maximum atomic E-state index is 12.9. The highest BCUT2D eigenvalue weighted by Gasteiger charge is 2.14. The first-order chi connectivity index (χ1) is 14.4. The van der Waals surface area contributed by atoms with E-state index in [0.717, 1.165) is 36.1 Å². The number of hydrogen-bond donors (Lipinski definition) is 0. The van der Waals surface area contributed by atoms with E-state index in [4.69, 9.17) is 4.74 Å². The zero-order chi connectivity index (χ0) is 21.1. The topological polar surface area (TPSA) is 52.3 Å². The molecule has 0 aliphatic carbocycles. The fourth-order valence-corrected chi connectivity index (χ4v) is 3.90. The molecule has 0 spiro atoms. The van der Waals surface area contributed by atoms with Gasteiger partial charge < -0.3 is 9.64 Å². The number of hydrogen-bond acceptors (Lipinski definition) is 4. The molecule has 2 aromatic heterocycles. The van der Waals surface area contributed by atoms with Crippen molar-refractivity contribution in [2.75, 3.05) is 26.2 Å². The lowest BCUT2D eigenvalue weighted by Gasteiger charge is -2.18. The average molecular weight is 409 g/mol. The van der Waals surface area contributed by atoms with Crippen molar-refractivity contribution in [3.8, 4) is 11.4 Å². The Kier molecular flexibility index (Phi) is 5.95. The van der Waals surface area contributed by atoms with E-state index in [9.17, 15) is 4.79 Å². The molecule has 0 bridgehead atoms. The monoisotopic (exact) mass is 408 g/mol. The molecule has 0 radical (unpaired) electrons. The molecule has 3 aromatic rings. The number of benzene rings is 1. The van der Waals surface area contributed by atoms with Gasteiger partial charge in [0, 0.05) is 23.8 Å². The highest BCUT2D eigenvalue weighted by molar-refractivity contribution is 5.80. The number of likely N-dealkylation sites (tertiary alicyclic amines) is 1. The third-order valence-corrected chi connectivity index (χ3v) is 5.75. The summed E-state index contributed by atoms with van der Waals surface area (Å²) in [6.07, 6.45) is 7.17. The van der Waals surface area contributed by atoms with Gasteiger partial charge >= 0.3 is 0 Å². The van der Waals surface area contributed by atoms with E-state index in [-0.39, 0.29) is 11.0 Å². The van der Waals surface area contributed by atoms with Crippen molar-refractivity contribution in [3.05, 3.63) is 53.1 Å². The third kappa shape index (κ3) is 4.75. The van der Waals surface area contributed by atoms with Crippen LogP contribution in [0.5, 0.6) is 5.75 Å². The molecular weight excluding hydrogens is 376 g/mol. The van der Waals surface area contributed by atoms with Crippen LogP contribution in [0.3, 0.4) is 0 Å². The van der Waals surface area contributed by atoms with E-state index in [2.05, 4.69) is 41.5 Å². The second-order valence-electron chi connectivity index (χ2n) is 9.37. The minimum atomic E-state index is -0.132. The fourth-order valence-electron chi connectivity index (χ4n) is 3.90. The lowest BCUT2D eigenvalue weighted by Crippen LogP contribution is -2.24. The van der Waals surface area contributed by atoms with Crippen LogP contribution < -0.4 is 10.3 Å². The molecule has 0 unspecified atom stereocenters. The van der Waals surface area contributed by atoms with E-state index in [0.29, 0.717) is 12.4 Å². The van der Waals surface area contributed by atoms with Gasteiger partial charge in [-0.15, -0.1) is 0 Å². The minimum absolute atomic E-state index is 0.132. The first-order valence-corrected chi connectivity index (χ1v) is 10.9. The number of pyridine rings is 1. The molecule has 0 atom stereocenters. The molecule has 1 aliphatic heterocycles. The molecule has 6 heteroatoms. The van der Waals surface area contributed by atoms with Gasteiger partial charge in [-0.25, -0.2) is 0 Å². The summed E-state index contributed by atoms with van der Waals surface area (Å²) in [4.78, 5) is 15.4. The van der Waals surface area contributed by atoms with Crippen LogP contribution in [-0.4, -0.2) is 45.5 Å². The molecule has 0 N–H and O–H groups in total. The molecule has 1 aromatic carbocycles. The van der Waals surface area contributed by atoms with E-state index in [1.807, 2.05) is 24.4 Å². The zero-order valence-corrected chi connectivity index (χ0v) is 18.3. The number of aromatic nitrogens is 3. The van der Waals surface area contributed by atoms with Crippen LogP contribution in [0.4, 0.5) is 0 Å². The van der Waals surface area contributed by atoms with E-state index in [1.54, 1.807) is 16.8 Å². The fraction of sp³-hybridized carbons (Fsp3) is 0.500. The van der Waals surface area contributed by atoms with Crippen LogP contribution in [0.25, 0.3) is 16.6 Å². The number of nitrogens with zero attached hydrogens (tertiary/aromatic N) is 4. The quantitative estimate of drug-likeness (QED) is 0.591. The summed E-state index contributed by atoms with van der Waals surface area (Å²) in [6, 6.07) is 9.67. The van der Waals surface area contributed by atoms with Crippen molar-refractivity contribution >= 4 is 10.9 Å². The van der Waals surface area contributed by atoms with E-state index >= 15 is 0 Å². The van der Waals surface area contributed by atoms with Crippen LogP contribution in [0.1, 0.15) is 40.0 Å². The molecule has 1 aliphatic rings. The van der Waals surface area contributed by atoms with Crippen LogP contribution in [0, 0.1) is 5.41 Å². The van der Waals surface area contributed by atoms with Crippen LogP contribution in [-0.2, 0) is 6.54 Å². The summed E-state index contributed by atoms with van der Waals surface area (Å²) in [5.74, 6) is 0.392. The Morgan fingerprint density at radius 2 is 1.90 bits per heavy atom. The van der Waals surface area contributed by atoms with Gasteiger partial charge in [-0.05, 0) is 68.1 Å². The SMILES string of the molecule is CC(C)(C)CCOc1cccn(-c2ccc3c(cnn3CCN3CCCC3)c2)c1=O. The first-order valence-electron chi connectivity index (χ1n) is 10.9. The molecule has 0 saturated carbocycles. The van der Waals surface area contributed by atoms with Gasteiger partial charge in [0.05, 0.1) is 24.9 Å². The summed E-state index contributed by atoms with van der Waals surface area (Å²) in [7, 11) is 0. The Morgan fingerprint density at radius 3 is 2.67 bits per heavy atom. The Labute approximate surface area is 178 Å². The highest BCUT2D eigenvalue weighted by Crippen LogP contribution is 2.20. The van der Waals surface area contributed by atoms with Gasteiger partial charge in [-0.1, -0.05) is 20.8 Å². The van der Waals surface area contributed by atoms with Crippen molar-refractivity contribution < 1.29 is 4.74 Å². The Morgan fingerprint density at radius 1 is 1.10 bits per heavy atom. The van der Waals surface area contributed by atoms with Gasteiger partial charge in [-0.3, -0.25) is 14.0 Å². The average Bonchev–Trinajstić information content (AvgIpc) is 3.36. The van der Waals surface area contributed by atoms with Crippen LogP contribution >= 0.6 is 0 Å². The molecular formula is C24H32N4O2. The predicted molar refractivity (Wildman–Crippen MR) is 121 cm³/mol. The molecule has 30 heavy (non-hydrogen) atoms. The van der Waals surface area contributed by atoms with Crippen molar-refractivity contribution in [1.82, 2.24) is 19.2 Å². The zero-order valence-electron chi connectivity index (χ0n) is 18.3. The van der Waals surface area contributed by atoms with Crippen molar-refractivity contribution in [3.63, 3.8) is 0 Å². The van der Waals surface area contributed by atoms with E-state index < -0.39 is 0 Å². The first kappa shape index (κ1) is 20.7. The summed E-state index contributed by atoms with van der Waals surface area (Å²) in [6.45, 7) is 11.3. The number of fused-ring (bicyclic) bond motifs is 1. The van der Waals surface area contributed by atoms with E-state index in [1.165, 1.54) is 25.9 Å². The molecule has 3 heterocycles. The molecule has 4 rings (SSSR count). The maximum Gasteiger partial charge on any atom is 0.297 e. The lowest BCUT2D eigenvalue weighted by atomic mass is 9.93. The molecule has 0 amide bonds. The Balaban J connectivity index is 1.51. The van der Waals surface area contributed by atoms with Crippen LogP contribution in [0.15, 0.2) is 47.5 Å². The second-order valence-corrected chi connectivity index (χ2v) is 9.37. The largest absolute Gasteiger partial charge is 0.488 e. The highest BCUT2D eigenvalue weighted by atomic mass is 16.5.